The van der Waals surface area contributed by atoms with Crippen molar-refractivity contribution in [3.05, 3.63) is 47.2 Å². The molecule has 0 spiro atoms. The fourth-order valence-electron chi connectivity index (χ4n) is 3.64. The van der Waals surface area contributed by atoms with Gasteiger partial charge in [0.25, 0.3) is 5.91 Å². The van der Waals surface area contributed by atoms with E-state index in [1.54, 1.807) is 13.0 Å². The second kappa shape index (κ2) is 10.6. The monoisotopic (exact) mass is 471 g/mol. The van der Waals surface area contributed by atoms with E-state index in [0.717, 1.165) is 12.8 Å². The third-order valence-electron chi connectivity index (χ3n) is 5.51. The number of hydrogen-bond donors (Lipinski definition) is 2. The zero-order valence-corrected chi connectivity index (χ0v) is 18.9. The first-order valence-electron chi connectivity index (χ1n) is 10.9. The molecule has 34 heavy (non-hydrogen) atoms. The zero-order valence-electron chi connectivity index (χ0n) is 18.9. The fraction of sp³-hybridized carbons (Fsp3) is 0.455. The van der Waals surface area contributed by atoms with Crippen LogP contribution >= 0.6 is 0 Å². The van der Waals surface area contributed by atoms with E-state index < -0.39 is 11.7 Å². The Bertz CT molecular complexity index is 1150. The maximum Gasteiger partial charge on any atom is 0.270 e. The predicted molar refractivity (Wildman–Crippen MR) is 117 cm³/mol. The molecule has 3 heterocycles. The SMILES string of the molecule is COc1cc(CNC(=O)c2cc(-c3nnn(C[C@H]4CCC(CO)CO4)n3)nc(C)n2)ccc1F. The summed E-state index contributed by atoms with van der Waals surface area (Å²) in [4.78, 5) is 22.7. The van der Waals surface area contributed by atoms with Crippen LogP contribution in [0.1, 0.15) is 34.7 Å². The molecule has 2 atom stereocenters. The van der Waals surface area contributed by atoms with Crippen LogP contribution in [0.15, 0.2) is 24.3 Å². The molecule has 1 aliphatic rings. The number of nitrogens with zero attached hydrogens (tertiary/aromatic N) is 6. The van der Waals surface area contributed by atoms with Crippen molar-refractivity contribution in [1.29, 1.82) is 0 Å². The molecule has 1 aromatic carbocycles. The van der Waals surface area contributed by atoms with Gasteiger partial charge in [-0.05, 0) is 48.7 Å². The Morgan fingerprint density at radius 3 is 2.91 bits per heavy atom. The zero-order chi connectivity index (χ0) is 24.1. The summed E-state index contributed by atoms with van der Waals surface area (Å²) in [6.45, 7) is 2.91. The van der Waals surface area contributed by atoms with E-state index in [9.17, 15) is 14.3 Å². The fourth-order valence-corrected chi connectivity index (χ4v) is 3.64. The average Bonchev–Trinajstić information content (AvgIpc) is 3.32. The molecule has 1 fully saturated rings. The van der Waals surface area contributed by atoms with E-state index in [1.165, 1.54) is 30.1 Å². The van der Waals surface area contributed by atoms with Crippen LogP contribution in [0.25, 0.3) is 11.5 Å². The van der Waals surface area contributed by atoms with E-state index in [0.29, 0.717) is 30.2 Å². The van der Waals surface area contributed by atoms with Crippen molar-refractivity contribution in [3.8, 4) is 17.3 Å². The number of aliphatic hydroxyl groups excluding tert-OH is 1. The Labute approximate surface area is 195 Å². The predicted octanol–water partition coefficient (Wildman–Crippen LogP) is 1.30. The van der Waals surface area contributed by atoms with Crippen LogP contribution in [-0.4, -0.2) is 67.6 Å². The van der Waals surface area contributed by atoms with Crippen LogP contribution in [0.5, 0.6) is 5.75 Å². The highest BCUT2D eigenvalue weighted by atomic mass is 19.1. The van der Waals surface area contributed by atoms with Crippen molar-refractivity contribution < 1.29 is 23.8 Å². The largest absolute Gasteiger partial charge is 0.494 e. The molecule has 1 aliphatic heterocycles. The third-order valence-corrected chi connectivity index (χ3v) is 5.51. The summed E-state index contributed by atoms with van der Waals surface area (Å²) in [6.07, 6.45) is 1.64. The van der Waals surface area contributed by atoms with Crippen molar-refractivity contribution in [2.24, 2.45) is 5.92 Å². The quantitative estimate of drug-likeness (QED) is 0.498. The van der Waals surface area contributed by atoms with Crippen molar-refractivity contribution in [3.63, 3.8) is 0 Å². The van der Waals surface area contributed by atoms with E-state index in [-0.39, 0.29) is 42.4 Å². The first kappa shape index (κ1) is 23.6. The number of nitrogens with one attached hydrogen (secondary N) is 1. The van der Waals surface area contributed by atoms with E-state index >= 15 is 0 Å². The molecule has 0 radical (unpaired) electrons. The number of amides is 1. The number of aromatic nitrogens is 6. The van der Waals surface area contributed by atoms with Crippen LogP contribution in [0, 0.1) is 18.7 Å². The molecule has 3 aromatic rings. The number of methoxy groups -OCH3 is 1. The Morgan fingerprint density at radius 1 is 1.32 bits per heavy atom. The van der Waals surface area contributed by atoms with Crippen LogP contribution in [0.4, 0.5) is 4.39 Å². The minimum atomic E-state index is -0.474. The first-order chi connectivity index (χ1) is 16.4. The second-order valence-corrected chi connectivity index (χ2v) is 8.09. The number of aryl methyl sites for hydroxylation is 1. The molecule has 1 saturated heterocycles. The smallest absolute Gasteiger partial charge is 0.270 e. The summed E-state index contributed by atoms with van der Waals surface area (Å²) in [5.74, 6) is 0.0390. The molecule has 0 aliphatic carbocycles. The number of tetrazole rings is 1. The number of carbonyl (C=O) groups is 1. The van der Waals surface area contributed by atoms with Crippen LogP contribution < -0.4 is 10.1 Å². The molecule has 2 aromatic heterocycles. The minimum absolute atomic E-state index is 0.0524. The van der Waals surface area contributed by atoms with Gasteiger partial charge in [0.1, 0.15) is 17.2 Å². The number of carbonyl (C=O) groups excluding carboxylic acids is 1. The maximum absolute atomic E-state index is 13.6. The lowest BCUT2D eigenvalue weighted by Crippen LogP contribution is -2.31. The number of rotatable bonds is 8. The lowest BCUT2D eigenvalue weighted by molar-refractivity contribution is -0.0402. The number of hydrogen-bond acceptors (Lipinski definition) is 9. The molecule has 0 bridgehead atoms. The Balaban J connectivity index is 1.41. The summed E-state index contributed by atoms with van der Waals surface area (Å²) in [5.41, 5.74) is 1.20. The number of halogens is 1. The molecule has 2 N–H and O–H groups in total. The van der Waals surface area contributed by atoms with Gasteiger partial charge in [-0.1, -0.05) is 6.07 Å². The van der Waals surface area contributed by atoms with Gasteiger partial charge in [-0.2, -0.15) is 4.80 Å². The summed E-state index contributed by atoms with van der Waals surface area (Å²) in [5, 5.41) is 24.5. The van der Waals surface area contributed by atoms with Crippen molar-refractivity contribution in [2.75, 3.05) is 20.3 Å². The van der Waals surface area contributed by atoms with Crippen molar-refractivity contribution in [1.82, 2.24) is 35.5 Å². The van der Waals surface area contributed by atoms with Crippen LogP contribution in [-0.2, 0) is 17.8 Å². The number of ether oxygens (including phenoxy) is 2. The maximum atomic E-state index is 13.6. The highest BCUT2D eigenvalue weighted by molar-refractivity contribution is 5.93. The van der Waals surface area contributed by atoms with Gasteiger partial charge in [0.2, 0.25) is 5.82 Å². The third kappa shape index (κ3) is 5.69. The van der Waals surface area contributed by atoms with Crippen molar-refractivity contribution >= 4 is 5.91 Å². The highest BCUT2D eigenvalue weighted by Crippen LogP contribution is 2.20. The van der Waals surface area contributed by atoms with Gasteiger partial charge in [0.05, 0.1) is 26.4 Å². The summed E-state index contributed by atoms with van der Waals surface area (Å²) >= 11 is 0. The lowest BCUT2D eigenvalue weighted by Gasteiger charge is -2.27. The summed E-state index contributed by atoms with van der Waals surface area (Å²) in [6, 6.07) is 5.87. The molecule has 11 nitrogen and oxygen atoms in total. The van der Waals surface area contributed by atoms with Gasteiger partial charge in [0.15, 0.2) is 11.6 Å². The number of aliphatic hydroxyl groups is 1. The topological polar surface area (TPSA) is 137 Å². The van der Waals surface area contributed by atoms with E-state index in [2.05, 4.69) is 30.7 Å². The highest BCUT2D eigenvalue weighted by Gasteiger charge is 2.23. The van der Waals surface area contributed by atoms with Gasteiger partial charge < -0.3 is 19.9 Å². The summed E-state index contributed by atoms with van der Waals surface area (Å²) in [7, 11) is 1.38. The van der Waals surface area contributed by atoms with Crippen LogP contribution in [0.3, 0.4) is 0 Å². The normalized spacial score (nSPS) is 18.0. The van der Waals surface area contributed by atoms with E-state index in [1.807, 2.05) is 0 Å². The average molecular weight is 471 g/mol. The Kier molecular flexibility index (Phi) is 7.38. The van der Waals surface area contributed by atoms with Gasteiger partial charge in [0, 0.05) is 19.1 Å². The first-order valence-corrected chi connectivity index (χ1v) is 10.9. The molecule has 4 rings (SSSR count). The van der Waals surface area contributed by atoms with Gasteiger partial charge in [-0.3, -0.25) is 4.79 Å². The van der Waals surface area contributed by atoms with Gasteiger partial charge in [-0.25, -0.2) is 14.4 Å². The number of benzene rings is 1. The summed E-state index contributed by atoms with van der Waals surface area (Å²) < 4.78 is 24.3. The van der Waals surface area contributed by atoms with Gasteiger partial charge >= 0.3 is 0 Å². The minimum Gasteiger partial charge on any atom is -0.494 e. The molecular formula is C22H26FN7O4. The second-order valence-electron chi connectivity index (χ2n) is 8.09. The van der Waals surface area contributed by atoms with Crippen molar-refractivity contribution in [2.45, 2.75) is 39.0 Å². The standard InChI is InChI=1S/C22H26FN7O4/c1-13-25-18(21-27-29-30(28-21)10-16-5-3-15(11-31)12-34-16)8-19(26-13)22(32)24-9-14-4-6-17(23)20(7-14)33-2/h4,6-8,15-16,31H,3,5,9-12H2,1-2H3,(H,24,32)/t15?,16-/m1/s1. The molecule has 12 heteroatoms. The molecule has 0 saturated carbocycles. The lowest BCUT2D eigenvalue weighted by atomic mass is 9.99. The molecule has 1 unspecified atom stereocenters. The molecular weight excluding hydrogens is 445 g/mol. The molecule has 180 valence electrons. The Morgan fingerprint density at radius 2 is 2.18 bits per heavy atom. The Hall–Kier alpha value is -3.51. The molecule has 1 amide bonds. The van der Waals surface area contributed by atoms with Crippen LogP contribution in [0.2, 0.25) is 0 Å². The van der Waals surface area contributed by atoms with E-state index in [4.69, 9.17) is 9.47 Å². The van der Waals surface area contributed by atoms with Gasteiger partial charge in [-0.15, -0.1) is 10.2 Å².